The average Bonchev–Trinajstić information content (AvgIpc) is 2.37. The summed E-state index contributed by atoms with van der Waals surface area (Å²) < 4.78 is 38.0. The van der Waals surface area contributed by atoms with Crippen LogP contribution in [0.5, 0.6) is 0 Å². The van der Waals surface area contributed by atoms with Crippen molar-refractivity contribution in [3.05, 3.63) is 45.0 Å². The lowest BCUT2D eigenvalue weighted by Crippen LogP contribution is -2.08. The third kappa shape index (κ3) is 3.64. The average molecular weight is 357 g/mol. The summed E-state index contributed by atoms with van der Waals surface area (Å²) in [4.78, 5) is 3.50. The molecule has 0 spiro atoms. The number of aromatic nitrogens is 1. The Kier molecular flexibility index (Phi) is 4.41. The van der Waals surface area contributed by atoms with E-state index in [9.17, 15) is 13.2 Å². The lowest BCUT2D eigenvalue weighted by molar-refractivity contribution is -0.137. The Morgan fingerprint density at radius 1 is 0.952 bits per heavy atom. The van der Waals surface area contributed by atoms with Crippen LogP contribution < -0.4 is 11.1 Å². The second-order valence-electron chi connectivity index (χ2n) is 4.03. The normalized spacial score (nSPS) is 11.5. The fraction of sp³-hybridized carbons (Fsp3) is 0.0833. The molecule has 0 unspecified atom stereocenters. The fourth-order valence-corrected chi connectivity index (χ4v) is 2.09. The zero-order valence-corrected chi connectivity index (χ0v) is 12.4. The second kappa shape index (κ2) is 5.79. The van der Waals surface area contributed by atoms with Gasteiger partial charge in [-0.15, -0.1) is 0 Å². The molecule has 0 atom stereocenters. The first-order chi connectivity index (χ1) is 9.68. The number of hydrogen-bond acceptors (Lipinski definition) is 3. The molecule has 21 heavy (non-hydrogen) atoms. The van der Waals surface area contributed by atoms with Gasteiger partial charge in [0.05, 0.1) is 32.0 Å². The lowest BCUT2D eigenvalue weighted by Gasteiger charge is -2.13. The summed E-state index contributed by atoms with van der Waals surface area (Å²) in [6, 6.07) is 3.58. The number of halogens is 6. The van der Waals surface area contributed by atoms with Crippen LogP contribution in [0.2, 0.25) is 15.1 Å². The summed E-state index contributed by atoms with van der Waals surface area (Å²) in [5.41, 5.74) is 4.85. The van der Waals surface area contributed by atoms with Gasteiger partial charge in [-0.2, -0.15) is 13.2 Å². The van der Waals surface area contributed by atoms with Crippen LogP contribution in [-0.4, -0.2) is 4.98 Å². The molecule has 3 N–H and O–H groups in total. The number of nitrogens with zero attached hydrogens (tertiary/aromatic N) is 1. The monoisotopic (exact) mass is 355 g/mol. The molecule has 1 aromatic carbocycles. The number of nitrogens with two attached hydrogens (primary N) is 1. The number of pyridine rings is 1. The standard InChI is InChI=1S/C12H7Cl3F3N3/c13-6-2-8(15)9(3-7(6)14)21-10-1-5(12(16,17)18)4-20-11(10)19/h1-4,21H,(H2,19,20). The van der Waals surface area contributed by atoms with E-state index in [-0.39, 0.29) is 32.3 Å². The van der Waals surface area contributed by atoms with Gasteiger partial charge in [-0.25, -0.2) is 4.98 Å². The number of nitrogens with one attached hydrogen (secondary N) is 1. The lowest BCUT2D eigenvalue weighted by atomic mass is 10.2. The predicted molar refractivity (Wildman–Crippen MR) is 78.4 cm³/mol. The van der Waals surface area contributed by atoms with Crippen LogP contribution in [0.3, 0.4) is 0 Å². The molecule has 112 valence electrons. The van der Waals surface area contributed by atoms with Crippen molar-refractivity contribution in [3.8, 4) is 0 Å². The Balaban J connectivity index is 2.42. The van der Waals surface area contributed by atoms with E-state index in [2.05, 4.69) is 10.3 Å². The van der Waals surface area contributed by atoms with E-state index in [1.165, 1.54) is 12.1 Å². The molecular weight excluding hydrogens is 350 g/mol. The van der Waals surface area contributed by atoms with Gasteiger partial charge in [-0.3, -0.25) is 0 Å². The molecule has 1 aromatic heterocycles. The maximum atomic E-state index is 12.7. The third-order valence-electron chi connectivity index (χ3n) is 2.53. The van der Waals surface area contributed by atoms with Crippen molar-refractivity contribution < 1.29 is 13.2 Å². The minimum absolute atomic E-state index is 0.0369. The van der Waals surface area contributed by atoms with Gasteiger partial charge in [0.1, 0.15) is 5.82 Å². The number of rotatable bonds is 2. The van der Waals surface area contributed by atoms with Crippen molar-refractivity contribution in [2.45, 2.75) is 6.18 Å². The van der Waals surface area contributed by atoms with Gasteiger partial charge in [0.15, 0.2) is 0 Å². The highest BCUT2D eigenvalue weighted by molar-refractivity contribution is 6.44. The van der Waals surface area contributed by atoms with Gasteiger partial charge in [-0.1, -0.05) is 34.8 Å². The highest BCUT2D eigenvalue weighted by Gasteiger charge is 2.31. The molecule has 3 nitrogen and oxygen atoms in total. The first-order valence-electron chi connectivity index (χ1n) is 5.43. The molecule has 0 aliphatic rings. The number of alkyl halides is 3. The van der Waals surface area contributed by atoms with Crippen LogP contribution in [0, 0.1) is 0 Å². The minimum Gasteiger partial charge on any atom is -0.382 e. The molecule has 0 radical (unpaired) electrons. The molecule has 0 saturated heterocycles. The highest BCUT2D eigenvalue weighted by Crippen LogP contribution is 2.36. The van der Waals surface area contributed by atoms with E-state index in [0.29, 0.717) is 6.20 Å². The van der Waals surface area contributed by atoms with Gasteiger partial charge >= 0.3 is 6.18 Å². The van der Waals surface area contributed by atoms with Crippen LogP contribution in [0.4, 0.5) is 30.4 Å². The van der Waals surface area contributed by atoms with Gasteiger partial charge in [0.2, 0.25) is 0 Å². The smallest absolute Gasteiger partial charge is 0.382 e. The van der Waals surface area contributed by atoms with E-state index in [1.54, 1.807) is 0 Å². The van der Waals surface area contributed by atoms with Crippen molar-refractivity contribution in [1.82, 2.24) is 4.98 Å². The van der Waals surface area contributed by atoms with Crippen molar-refractivity contribution in [2.75, 3.05) is 11.1 Å². The molecule has 0 aliphatic carbocycles. The zero-order chi connectivity index (χ0) is 15.8. The molecule has 0 fully saturated rings. The molecule has 2 aromatic rings. The largest absolute Gasteiger partial charge is 0.417 e. The number of benzene rings is 1. The van der Waals surface area contributed by atoms with Crippen LogP contribution in [0.25, 0.3) is 0 Å². The second-order valence-corrected chi connectivity index (χ2v) is 5.25. The summed E-state index contributed by atoms with van der Waals surface area (Å²) in [7, 11) is 0. The zero-order valence-electron chi connectivity index (χ0n) is 10.1. The minimum atomic E-state index is -4.53. The Hall–Kier alpha value is -1.37. The van der Waals surface area contributed by atoms with Gasteiger partial charge in [0, 0.05) is 6.20 Å². The van der Waals surface area contributed by atoms with E-state index in [0.717, 1.165) is 6.07 Å². The summed E-state index contributed by atoms with van der Waals surface area (Å²) in [6.45, 7) is 0. The maximum absolute atomic E-state index is 12.7. The molecule has 9 heteroatoms. The van der Waals surface area contributed by atoms with E-state index in [4.69, 9.17) is 40.5 Å². The van der Waals surface area contributed by atoms with E-state index >= 15 is 0 Å². The van der Waals surface area contributed by atoms with E-state index < -0.39 is 11.7 Å². The first-order valence-corrected chi connectivity index (χ1v) is 6.56. The summed E-state index contributed by atoms with van der Waals surface area (Å²) in [6.07, 6.45) is -3.88. The van der Waals surface area contributed by atoms with Crippen molar-refractivity contribution in [2.24, 2.45) is 0 Å². The van der Waals surface area contributed by atoms with Crippen molar-refractivity contribution in [1.29, 1.82) is 0 Å². The molecule has 1 heterocycles. The molecule has 2 rings (SSSR count). The fourth-order valence-electron chi connectivity index (χ4n) is 1.49. The Bertz CT molecular complexity index is 689. The number of anilines is 3. The van der Waals surface area contributed by atoms with Crippen molar-refractivity contribution >= 4 is 52.0 Å². The van der Waals surface area contributed by atoms with Gasteiger partial charge < -0.3 is 11.1 Å². The first kappa shape index (κ1) is 16.0. The SMILES string of the molecule is Nc1ncc(C(F)(F)F)cc1Nc1cc(Cl)c(Cl)cc1Cl. The van der Waals surface area contributed by atoms with Crippen LogP contribution in [0.15, 0.2) is 24.4 Å². The highest BCUT2D eigenvalue weighted by atomic mass is 35.5. The summed E-state index contributed by atoms with van der Waals surface area (Å²) in [5.74, 6) is -0.106. The number of hydrogen-bond donors (Lipinski definition) is 2. The molecular formula is C12H7Cl3F3N3. The maximum Gasteiger partial charge on any atom is 0.417 e. The third-order valence-corrected chi connectivity index (χ3v) is 3.56. The van der Waals surface area contributed by atoms with Gasteiger partial charge in [0.25, 0.3) is 0 Å². The van der Waals surface area contributed by atoms with Gasteiger partial charge in [-0.05, 0) is 18.2 Å². The van der Waals surface area contributed by atoms with E-state index in [1.807, 2.05) is 0 Å². The summed E-state index contributed by atoms with van der Waals surface area (Å²) in [5, 5.41) is 3.26. The molecule has 0 amide bonds. The quantitative estimate of drug-likeness (QED) is 0.710. The summed E-state index contributed by atoms with van der Waals surface area (Å²) >= 11 is 17.6. The van der Waals surface area contributed by atoms with Crippen LogP contribution in [-0.2, 0) is 6.18 Å². The molecule has 0 saturated carbocycles. The Labute approximate surface area is 132 Å². The Morgan fingerprint density at radius 2 is 1.57 bits per heavy atom. The predicted octanol–water partition coefficient (Wildman–Crippen LogP) is 5.39. The number of nitrogen functional groups attached to an aromatic ring is 1. The topological polar surface area (TPSA) is 50.9 Å². The molecule has 0 aliphatic heterocycles. The Morgan fingerprint density at radius 3 is 2.19 bits per heavy atom. The van der Waals surface area contributed by atoms with Crippen LogP contribution in [0.1, 0.15) is 5.56 Å². The van der Waals surface area contributed by atoms with Crippen LogP contribution >= 0.6 is 34.8 Å². The van der Waals surface area contributed by atoms with Crippen molar-refractivity contribution in [3.63, 3.8) is 0 Å². The molecule has 0 bridgehead atoms.